The molecule has 0 saturated heterocycles. The summed E-state index contributed by atoms with van der Waals surface area (Å²) in [6.07, 6.45) is 4.40. The number of aromatic nitrogens is 1. The number of hydrogen-bond donors (Lipinski definition) is 1. The van der Waals surface area contributed by atoms with Gasteiger partial charge in [0.1, 0.15) is 0 Å². The minimum absolute atomic E-state index is 0.312. The third-order valence-corrected chi connectivity index (χ3v) is 4.28. The normalized spacial score (nSPS) is 14.5. The van der Waals surface area contributed by atoms with Gasteiger partial charge in [0.15, 0.2) is 0 Å². The number of carbonyl (C=O) groups excluding carboxylic acids is 1. The number of fused-ring (bicyclic) bond motifs is 3. The Kier molecular flexibility index (Phi) is 3.94. The molecule has 2 aromatic rings. The monoisotopic (exact) mass is 305 g/mol. The third kappa shape index (κ3) is 2.67. The van der Waals surface area contributed by atoms with Crippen molar-refractivity contribution in [2.24, 2.45) is 5.92 Å². The zero-order chi connectivity index (χ0) is 15.0. The van der Waals surface area contributed by atoms with Gasteiger partial charge in [0.25, 0.3) is 0 Å². The summed E-state index contributed by atoms with van der Waals surface area (Å²) in [6, 6.07) is 3.73. The summed E-state index contributed by atoms with van der Waals surface area (Å²) >= 11 is 6.30. The Morgan fingerprint density at radius 2 is 2.10 bits per heavy atom. The van der Waals surface area contributed by atoms with Gasteiger partial charge >= 0.3 is 5.97 Å². The molecule has 1 aliphatic carbocycles. The molecule has 0 radical (unpaired) electrons. The van der Waals surface area contributed by atoms with Crippen LogP contribution in [0.2, 0.25) is 5.02 Å². The van der Waals surface area contributed by atoms with E-state index in [2.05, 4.69) is 4.98 Å². The number of benzene rings is 1. The maximum atomic E-state index is 12.4. The molecule has 0 bridgehead atoms. The molecular formula is C17H20ClNO2. The van der Waals surface area contributed by atoms with Crippen LogP contribution < -0.4 is 0 Å². The molecule has 0 atom stereocenters. The van der Waals surface area contributed by atoms with Crippen LogP contribution in [-0.4, -0.2) is 17.6 Å². The van der Waals surface area contributed by atoms with Gasteiger partial charge in [-0.05, 0) is 49.3 Å². The second-order valence-corrected chi connectivity index (χ2v) is 6.53. The van der Waals surface area contributed by atoms with Crippen molar-refractivity contribution in [3.05, 3.63) is 34.0 Å². The lowest BCUT2D eigenvalue weighted by molar-refractivity contribution is 0.0461. The van der Waals surface area contributed by atoms with Crippen molar-refractivity contribution in [3.63, 3.8) is 0 Å². The van der Waals surface area contributed by atoms with Crippen LogP contribution in [0.25, 0.3) is 10.9 Å². The quantitative estimate of drug-likeness (QED) is 0.848. The maximum absolute atomic E-state index is 12.4. The fourth-order valence-corrected chi connectivity index (χ4v) is 3.23. The molecule has 0 amide bonds. The minimum atomic E-state index is -0.313. The van der Waals surface area contributed by atoms with E-state index < -0.39 is 0 Å². The number of H-pyrrole nitrogens is 1. The van der Waals surface area contributed by atoms with E-state index >= 15 is 0 Å². The Morgan fingerprint density at radius 1 is 1.33 bits per heavy atom. The summed E-state index contributed by atoms with van der Waals surface area (Å²) in [4.78, 5) is 15.9. The van der Waals surface area contributed by atoms with Crippen molar-refractivity contribution in [1.82, 2.24) is 4.98 Å². The summed E-state index contributed by atoms with van der Waals surface area (Å²) in [5, 5.41) is 1.44. The summed E-state index contributed by atoms with van der Waals surface area (Å²) in [7, 11) is 0. The Balaban J connectivity index is 2.09. The molecule has 4 heteroatoms. The number of halogens is 1. The summed E-state index contributed by atoms with van der Waals surface area (Å²) < 4.78 is 5.40. The first-order valence-electron chi connectivity index (χ1n) is 7.57. The molecule has 1 aromatic heterocycles. The van der Waals surface area contributed by atoms with E-state index in [0.717, 1.165) is 30.2 Å². The predicted octanol–water partition coefficient (Wildman–Crippen LogP) is 4.51. The van der Waals surface area contributed by atoms with Crippen molar-refractivity contribution in [2.45, 2.75) is 39.5 Å². The second kappa shape index (κ2) is 5.72. The average Bonchev–Trinajstić information content (AvgIpc) is 2.83. The van der Waals surface area contributed by atoms with E-state index in [0.29, 0.717) is 23.1 Å². The number of aromatic amines is 1. The van der Waals surface area contributed by atoms with E-state index in [1.54, 1.807) is 6.07 Å². The molecule has 1 aliphatic rings. The first kappa shape index (κ1) is 14.5. The first-order valence-corrected chi connectivity index (χ1v) is 7.94. The number of hydrogen-bond acceptors (Lipinski definition) is 2. The van der Waals surface area contributed by atoms with Crippen molar-refractivity contribution >= 4 is 28.5 Å². The molecule has 1 heterocycles. The number of esters is 1. The summed E-state index contributed by atoms with van der Waals surface area (Å²) in [6.45, 7) is 4.46. The number of nitrogens with one attached hydrogen (secondary N) is 1. The molecule has 0 spiro atoms. The second-order valence-electron chi connectivity index (χ2n) is 6.13. The van der Waals surface area contributed by atoms with E-state index in [-0.39, 0.29) is 5.97 Å². The van der Waals surface area contributed by atoms with Crippen LogP contribution in [0.4, 0.5) is 0 Å². The van der Waals surface area contributed by atoms with Crippen LogP contribution in [0.1, 0.15) is 48.3 Å². The lowest BCUT2D eigenvalue weighted by Gasteiger charge is -2.13. The number of rotatable bonds is 3. The van der Waals surface area contributed by atoms with Gasteiger partial charge in [0.05, 0.1) is 17.2 Å². The predicted molar refractivity (Wildman–Crippen MR) is 85.1 cm³/mol. The molecule has 0 aliphatic heterocycles. The van der Waals surface area contributed by atoms with Gasteiger partial charge in [-0.3, -0.25) is 0 Å². The average molecular weight is 306 g/mol. The van der Waals surface area contributed by atoms with Crippen molar-refractivity contribution in [3.8, 4) is 0 Å². The molecule has 3 rings (SSSR count). The molecule has 21 heavy (non-hydrogen) atoms. The molecule has 0 saturated carbocycles. The van der Waals surface area contributed by atoms with Crippen LogP contribution in [0.15, 0.2) is 12.1 Å². The molecule has 0 fully saturated rings. The van der Waals surface area contributed by atoms with E-state index in [1.807, 2.05) is 19.9 Å². The zero-order valence-corrected chi connectivity index (χ0v) is 13.2. The van der Waals surface area contributed by atoms with Gasteiger partial charge in [-0.1, -0.05) is 25.4 Å². The van der Waals surface area contributed by atoms with Crippen molar-refractivity contribution < 1.29 is 9.53 Å². The molecular weight excluding hydrogens is 286 g/mol. The highest BCUT2D eigenvalue weighted by Crippen LogP contribution is 2.35. The minimum Gasteiger partial charge on any atom is -0.462 e. The van der Waals surface area contributed by atoms with Crippen LogP contribution >= 0.6 is 11.6 Å². The molecule has 3 nitrogen and oxygen atoms in total. The fourth-order valence-electron chi connectivity index (χ4n) is 2.99. The van der Waals surface area contributed by atoms with Gasteiger partial charge in [0.2, 0.25) is 0 Å². The standard InChI is InChI=1S/C17H20ClNO2/c1-10(2)9-21-17(20)16-12(18)7-8-14-15(16)11-5-3-4-6-13(11)19-14/h7-8,10,19H,3-6,9H2,1-2H3. The van der Waals surface area contributed by atoms with E-state index in [9.17, 15) is 4.79 Å². The lowest BCUT2D eigenvalue weighted by atomic mass is 9.94. The van der Waals surface area contributed by atoms with Gasteiger partial charge in [-0.25, -0.2) is 4.79 Å². The topological polar surface area (TPSA) is 42.1 Å². The molecule has 1 aromatic carbocycles. The number of carbonyl (C=O) groups is 1. The summed E-state index contributed by atoms with van der Waals surface area (Å²) in [5.74, 6) is -0.00117. The summed E-state index contributed by atoms with van der Waals surface area (Å²) in [5.41, 5.74) is 4.00. The van der Waals surface area contributed by atoms with Crippen LogP contribution in [0.5, 0.6) is 0 Å². The maximum Gasteiger partial charge on any atom is 0.340 e. The smallest absolute Gasteiger partial charge is 0.340 e. The SMILES string of the molecule is CC(C)COC(=O)c1c(Cl)ccc2[nH]c3c(c12)CCCC3. The Hall–Kier alpha value is -1.48. The molecule has 0 unspecified atom stereocenters. The Bertz CT molecular complexity index is 688. The van der Waals surface area contributed by atoms with Gasteiger partial charge < -0.3 is 9.72 Å². The lowest BCUT2D eigenvalue weighted by Crippen LogP contribution is -2.11. The van der Waals surface area contributed by atoms with E-state index in [4.69, 9.17) is 16.3 Å². The first-order chi connectivity index (χ1) is 10.1. The van der Waals surface area contributed by atoms with Crippen molar-refractivity contribution in [1.29, 1.82) is 0 Å². The van der Waals surface area contributed by atoms with Crippen LogP contribution in [-0.2, 0) is 17.6 Å². The third-order valence-electron chi connectivity index (χ3n) is 3.96. The Labute approximate surface area is 129 Å². The van der Waals surface area contributed by atoms with E-state index in [1.165, 1.54) is 17.7 Å². The molecule has 112 valence electrons. The van der Waals surface area contributed by atoms with Crippen molar-refractivity contribution in [2.75, 3.05) is 6.61 Å². The van der Waals surface area contributed by atoms with Gasteiger partial charge in [-0.15, -0.1) is 0 Å². The van der Waals surface area contributed by atoms with Gasteiger partial charge in [-0.2, -0.15) is 0 Å². The molecule has 1 N–H and O–H groups in total. The number of ether oxygens (including phenoxy) is 1. The zero-order valence-electron chi connectivity index (χ0n) is 12.5. The fraction of sp³-hybridized carbons (Fsp3) is 0.471. The highest BCUT2D eigenvalue weighted by Gasteiger charge is 2.23. The highest BCUT2D eigenvalue weighted by molar-refractivity contribution is 6.35. The number of aryl methyl sites for hydroxylation is 2. The largest absolute Gasteiger partial charge is 0.462 e. The van der Waals surface area contributed by atoms with Gasteiger partial charge in [0, 0.05) is 16.6 Å². The van der Waals surface area contributed by atoms with Crippen LogP contribution in [0, 0.1) is 5.92 Å². The Morgan fingerprint density at radius 3 is 2.86 bits per heavy atom. The highest BCUT2D eigenvalue weighted by atomic mass is 35.5. The van der Waals surface area contributed by atoms with Crippen LogP contribution in [0.3, 0.4) is 0 Å².